The van der Waals surface area contributed by atoms with Crippen LogP contribution in [0, 0.1) is 13.8 Å². The van der Waals surface area contributed by atoms with Gasteiger partial charge in [0.15, 0.2) is 0 Å². The number of rotatable bonds is 8. The molecule has 1 aliphatic rings. The zero-order chi connectivity index (χ0) is 16.8. The quantitative estimate of drug-likeness (QED) is 0.773. The Balaban J connectivity index is 1.94. The highest BCUT2D eigenvalue weighted by Gasteiger charge is 2.33. The van der Waals surface area contributed by atoms with Crippen LogP contribution in [-0.4, -0.2) is 34.0 Å². The van der Waals surface area contributed by atoms with Gasteiger partial charge in [0.1, 0.15) is 6.33 Å². The summed E-state index contributed by atoms with van der Waals surface area (Å²) in [4.78, 5) is 20.8. The number of hydrogen-bond acceptors (Lipinski definition) is 4. The van der Waals surface area contributed by atoms with Gasteiger partial charge in [0, 0.05) is 18.1 Å². The third kappa shape index (κ3) is 4.50. The summed E-state index contributed by atoms with van der Waals surface area (Å²) >= 11 is 0. The highest BCUT2D eigenvalue weighted by Crippen LogP contribution is 2.23. The molecule has 0 bridgehead atoms. The van der Waals surface area contributed by atoms with Gasteiger partial charge in [-0.15, -0.1) is 0 Å². The number of aryl methyl sites for hydroxylation is 2. The Kier molecular flexibility index (Phi) is 6.51. The van der Waals surface area contributed by atoms with Gasteiger partial charge in [-0.1, -0.05) is 26.7 Å². The van der Waals surface area contributed by atoms with Crippen molar-refractivity contribution in [3.05, 3.63) is 23.3 Å². The van der Waals surface area contributed by atoms with Crippen LogP contribution >= 0.6 is 0 Å². The second kappa shape index (κ2) is 8.39. The molecule has 128 valence electrons. The number of amides is 1. The Morgan fingerprint density at radius 3 is 2.17 bits per heavy atom. The third-order valence-corrected chi connectivity index (χ3v) is 4.77. The standard InChI is InChI=1S/C18H30N4O/c1-5-7-14(8-6-2)21-15-9-10-16(15)22-18(23)17-12(3)19-11-20-13(17)4/h11,14-16,21H,5-10H2,1-4H3,(H,22,23)/t15-,16+/m1/s1. The molecule has 5 heteroatoms. The molecule has 1 amide bonds. The SMILES string of the molecule is CCCC(CCC)N[C@@H]1CC[C@@H]1NC(=O)c1c(C)ncnc1C. The van der Waals surface area contributed by atoms with Crippen molar-refractivity contribution in [1.82, 2.24) is 20.6 Å². The highest BCUT2D eigenvalue weighted by atomic mass is 16.1. The lowest BCUT2D eigenvalue weighted by Gasteiger charge is -2.40. The zero-order valence-corrected chi connectivity index (χ0v) is 14.9. The van der Waals surface area contributed by atoms with Gasteiger partial charge < -0.3 is 10.6 Å². The van der Waals surface area contributed by atoms with Crippen molar-refractivity contribution in [3.63, 3.8) is 0 Å². The minimum Gasteiger partial charge on any atom is -0.348 e. The normalized spacial score (nSPS) is 20.4. The first-order valence-corrected chi connectivity index (χ1v) is 8.91. The van der Waals surface area contributed by atoms with Gasteiger partial charge in [-0.25, -0.2) is 9.97 Å². The predicted octanol–water partition coefficient (Wildman–Crippen LogP) is 2.91. The van der Waals surface area contributed by atoms with E-state index in [0.717, 1.165) is 24.2 Å². The number of nitrogens with one attached hydrogen (secondary N) is 2. The van der Waals surface area contributed by atoms with Crippen LogP contribution in [0.3, 0.4) is 0 Å². The van der Waals surface area contributed by atoms with E-state index in [-0.39, 0.29) is 11.9 Å². The van der Waals surface area contributed by atoms with Gasteiger partial charge >= 0.3 is 0 Å². The summed E-state index contributed by atoms with van der Waals surface area (Å²) in [6.45, 7) is 8.17. The molecule has 2 N–H and O–H groups in total. The fourth-order valence-electron chi connectivity index (χ4n) is 3.35. The Morgan fingerprint density at radius 2 is 1.70 bits per heavy atom. The molecule has 1 aromatic rings. The van der Waals surface area contributed by atoms with E-state index in [1.54, 1.807) is 0 Å². The summed E-state index contributed by atoms with van der Waals surface area (Å²) in [5.41, 5.74) is 2.11. The lowest BCUT2D eigenvalue weighted by Crippen LogP contribution is -2.59. The van der Waals surface area contributed by atoms with E-state index in [2.05, 4.69) is 34.4 Å². The monoisotopic (exact) mass is 318 g/mol. The van der Waals surface area contributed by atoms with Crippen LogP contribution in [-0.2, 0) is 0 Å². The van der Waals surface area contributed by atoms with E-state index in [0.29, 0.717) is 17.6 Å². The van der Waals surface area contributed by atoms with E-state index in [1.807, 2.05) is 13.8 Å². The highest BCUT2D eigenvalue weighted by molar-refractivity contribution is 5.96. The van der Waals surface area contributed by atoms with E-state index in [4.69, 9.17) is 0 Å². The summed E-state index contributed by atoms with van der Waals surface area (Å²) in [5, 5.41) is 6.92. The van der Waals surface area contributed by atoms with Gasteiger partial charge in [-0.3, -0.25) is 4.79 Å². The number of aromatic nitrogens is 2. The molecule has 0 spiro atoms. The lowest BCUT2D eigenvalue weighted by molar-refractivity contribution is 0.0885. The summed E-state index contributed by atoms with van der Waals surface area (Å²) in [7, 11) is 0. The average molecular weight is 318 g/mol. The fourth-order valence-corrected chi connectivity index (χ4v) is 3.35. The van der Waals surface area contributed by atoms with Crippen molar-refractivity contribution in [1.29, 1.82) is 0 Å². The molecular formula is C18H30N4O. The largest absolute Gasteiger partial charge is 0.348 e. The molecule has 0 aromatic carbocycles. The number of carbonyl (C=O) groups excluding carboxylic acids is 1. The molecule has 1 aliphatic carbocycles. The van der Waals surface area contributed by atoms with Crippen molar-refractivity contribution in [2.45, 2.75) is 84.3 Å². The molecule has 1 fully saturated rings. The predicted molar refractivity (Wildman–Crippen MR) is 92.5 cm³/mol. The topological polar surface area (TPSA) is 66.9 Å². The molecule has 0 saturated heterocycles. The van der Waals surface area contributed by atoms with Crippen LogP contribution in [0.15, 0.2) is 6.33 Å². The average Bonchev–Trinajstić information content (AvgIpc) is 2.49. The minimum absolute atomic E-state index is 0.0420. The number of carbonyl (C=O) groups is 1. The van der Waals surface area contributed by atoms with Crippen molar-refractivity contribution >= 4 is 5.91 Å². The molecule has 1 heterocycles. The van der Waals surface area contributed by atoms with Crippen LogP contribution in [0.1, 0.15) is 74.1 Å². The molecule has 2 rings (SSSR count). The van der Waals surface area contributed by atoms with Crippen LogP contribution in [0.25, 0.3) is 0 Å². The number of hydrogen-bond donors (Lipinski definition) is 2. The van der Waals surface area contributed by atoms with Gasteiger partial charge in [0.25, 0.3) is 5.91 Å². The van der Waals surface area contributed by atoms with E-state index in [1.165, 1.54) is 32.0 Å². The van der Waals surface area contributed by atoms with Gasteiger partial charge in [0.05, 0.1) is 17.0 Å². The molecule has 0 aliphatic heterocycles. The van der Waals surface area contributed by atoms with Crippen molar-refractivity contribution in [2.75, 3.05) is 0 Å². The molecule has 1 aromatic heterocycles. The van der Waals surface area contributed by atoms with Crippen LogP contribution in [0.4, 0.5) is 0 Å². The lowest BCUT2D eigenvalue weighted by atomic mass is 9.84. The Morgan fingerprint density at radius 1 is 1.13 bits per heavy atom. The zero-order valence-electron chi connectivity index (χ0n) is 14.9. The maximum absolute atomic E-state index is 12.6. The molecule has 0 radical (unpaired) electrons. The summed E-state index contributed by atoms with van der Waals surface area (Å²) in [6.07, 6.45) is 8.49. The van der Waals surface area contributed by atoms with Crippen molar-refractivity contribution in [3.8, 4) is 0 Å². The van der Waals surface area contributed by atoms with Crippen LogP contribution in [0.2, 0.25) is 0 Å². The summed E-state index contributed by atoms with van der Waals surface area (Å²) in [6, 6.07) is 1.18. The van der Waals surface area contributed by atoms with Gasteiger partial charge in [0.2, 0.25) is 0 Å². The first-order valence-electron chi connectivity index (χ1n) is 8.91. The molecule has 1 saturated carbocycles. The molecule has 2 atom stereocenters. The van der Waals surface area contributed by atoms with Crippen LogP contribution in [0.5, 0.6) is 0 Å². The molecule has 0 unspecified atom stereocenters. The molecule has 23 heavy (non-hydrogen) atoms. The molecule has 5 nitrogen and oxygen atoms in total. The number of nitrogens with zero attached hydrogens (tertiary/aromatic N) is 2. The second-order valence-corrected chi connectivity index (χ2v) is 6.62. The summed E-state index contributed by atoms with van der Waals surface area (Å²) in [5.74, 6) is -0.0420. The van der Waals surface area contributed by atoms with Crippen molar-refractivity contribution in [2.24, 2.45) is 0 Å². The first kappa shape index (κ1) is 17.9. The second-order valence-electron chi connectivity index (χ2n) is 6.62. The Labute approximate surface area is 139 Å². The van der Waals surface area contributed by atoms with Crippen LogP contribution < -0.4 is 10.6 Å². The fraction of sp³-hybridized carbons (Fsp3) is 0.722. The first-order chi connectivity index (χ1) is 11.1. The molecular weight excluding hydrogens is 288 g/mol. The van der Waals surface area contributed by atoms with E-state index < -0.39 is 0 Å². The van der Waals surface area contributed by atoms with E-state index in [9.17, 15) is 4.79 Å². The van der Waals surface area contributed by atoms with Crippen molar-refractivity contribution < 1.29 is 4.79 Å². The van der Waals surface area contributed by atoms with E-state index >= 15 is 0 Å². The van der Waals surface area contributed by atoms with Gasteiger partial charge in [-0.05, 0) is 39.5 Å². The Bertz CT molecular complexity index is 506. The smallest absolute Gasteiger partial charge is 0.255 e. The Hall–Kier alpha value is -1.49. The maximum Gasteiger partial charge on any atom is 0.255 e. The maximum atomic E-state index is 12.6. The van der Waals surface area contributed by atoms with Gasteiger partial charge in [-0.2, -0.15) is 0 Å². The third-order valence-electron chi connectivity index (χ3n) is 4.77. The summed E-state index contributed by atoms with van der Waals surface area (Å²) < 4.78 is 0. The minimum atomic E-state index is -0.0420.